The molecule has 0 saturated carbocycles. The zero-order valence-electron chi connectivity index (χ0n) is 15.8. The van der Waals surface area contributed by atoms with Crippen molar-refractivity contribution in [2.75, 3.05) is 0 Å². The minimum Gasteiger partial charge on any atom is -0.466 e. The molecule has 0 aromatic carbocycles. The zero-order chi connectivity index (χ0) is 19.8. The summed E-state index contributed by atoms with van der Waals surface area (Å²) in [4.78, 5) is 12.2. The fraction of sp³-hybridized carbons (Fsp3) is 0.833. The van der Waals surface area contributed by atoms with Crippen molar-refractivity contribution in [3.8, 4) is 0 Å². The van der Waals surface area contributed by atoms with Crippen molar-refractivity contribution in [1.82, 2.24) is 0 Å². The first-order chi connectivity index (χ1) is 12.0. The molecule has 2 rings (SSSR count). The highest BCUT2D eigenvalue weighted by Crippen LogP contribution is 2.32. The van der Waals surface area contributed by atoms with Gasteiger partial charge < -0.3 is 34.6 Å². The predicted molar refractivity (Wildman–Crippen MR) is 90.6 cm³/mol. The topological polar surface area (TPSA) is 126 Å². The van der Waals surface area contributed by atoms with Crippen LogP contribution in [0.3, 0.4) is 0 Å². The van der Waals surface area contributed by atoms with Crippen LogP contribution in [0.5, 0.6) is 0 Å². The zero-order valence-corrected chi connectivity index (χ0v) is 15.8. The van der Waals surface area contributed by atoms with Gasteiger partial charge in [-0.05, 0) is 19.8 Å². The Kier molecular flexibility index (Phi) is 6.68. The summed E-state index contributed by atoms with van der Waals surface area (Å²) in [6.07, 6.45) is -7.08. The van der Waals surface area contributed by atoms with Gasteiger partial charge in [-0.15, -0.1) is 0 Å². The number of carbonyl (C=O) groups is 1. The third kappa shape index (κ3) is 4.20. The molecule has 0 amide bonds. The molecule has 8 heteroatoms. The van der Waals surface area contributed by atoms with Crippen molar-refractivity contribution in [3.05, 3.63) is 11.3 Å². The molecule has 2 aliphatic heterocycles. The first-order valence-corrected chi connectivity index (χ1v) is 8.99. The van der Waals surface area contributed by atoms with Crippen molar-refractivity contribution in [2.45, 2.75) is 84.0 Å². The molecule has 0 spiro atoms. The van der Waals surface area contributed by atoms with Gasteiger partial charge in [0.25, 0.3) is 0 Å². The second kappa shape index (κ2) is 8.22. The molecular weight excluding hydrogens is 344 g/mol. The SMILES string of the molecule is CC1=C(OC2OC(C)C(O)C(O)C2O)CC(C(C)C(O)C(C)C)OC1=O. The average molecular weight is 374 g/mol. The molecule has 2 aliphatic rings. The number of esters is 1. The molecule has 150 valence electrons. The molecule has 0 bridgehead atoms. The Labute approximate surface area is 153 Å². The van der Waals surface area contributed by atoms with Gasteiger partial charge in [-0.3, -0.25) is 0 Å². The van der Waals surface area contributed by atoms with Gasteiger partial charge in [-0.25, -0.2) is 4.79 Å². The molecule has 1 saturated heterocycles. The second-order valence-electron chi connectivity index (χ2n) is 7.59. The summed E-state index contributed by atoms with van der Waals surface area (Å²) < 4.78 is 16.5. The summed E-state index contributed by atoms with van der Waals surface area (Å²) in [5.74, 6) is -0.581. The Hall–Kier alpha value is -1.19. The summed E-state index contributed by atoms with van der Waals surface area (Å²) in [7, 11) is 0. The monoisotopic (exact) mass is 374 g/mol. The largest absolute Gasteiger partial charge is 0.466 e. The smallest absolute Gasteiger partial charge is 0.337 e. The summed E-state index contributed by atoms with van der Waals surface area (Å²) in [5, 5.41) is 40.0. The van der Waals surface area contributed by atoms with E-state index in [0.29, 0.717) is 0 Å². The molecule has 0 aliphatic carbocycles. The van der Waals surface area contributed by atoms with Crippen LogP contribution in [-0.2, 0) is 19.0 Å². The van der Waals surface area contributed by atoms with Crippen LogP contribution in [0, 0.1) is 11.8 Å². The van der Waals surface area contributed by atoms with Crippen molar-refractivity contribution < 1.29 is 39.4 Å². The molecule has 4 N–H and O–H groups in total. The molecule has 8 atom stereocenters. The van der Waals surface area contributed by atoms with E-state index in [4.69, 9.17) is 14.2 Å². The lowest BCUT2D eigenvalue weighted by Gasteiger charge is -2.40. The molecule has 8 unspecified atom stereocenters. The number of ether oxygens (including phenoxy) is 3. The van der Waals surface area contributed by atoms with Crippen LogP contribution in [0.2, 0.25) is 0 Å². The van der Waals surface area contributed by atoms with E-state index in [9.17, 15) is 25.2 Å². The number of carbonyl (C=O) groups excluding carboxylic acids is 1. The molecule has 0 aromatic heterocycles. The van der Waals surface area contributed by atoms with Gasteiger partial charge in [0.05, 0.1) is 17.8 Å². The summed E-state index contributed by atoms with van der Waals surface area (Å²) in [6, 6.07) is 0. The molecule has 2 heterocycles. The quantitative estimate of drug-likeness (QED) is 0.498. The van der Waals surface area contributed by atoms with E-state index in [1.807, 2.05) is 13.8 Å². The highest BCUT2D eigenvalue weighted by atomic mass is 16.7. The normalized spacial score (nSPS) is 38.2. The van der Waals surface area contributed by atoms with Gasteiger partial charge in [-0.2, -0.15) is 0 Å². The van der Waals surface area contributed by atoms with Gasteiger partial charge in [-0.1, -0.05) is 20.8 Å². The van der Waals surface area contributed by atoms with Crippen molar-refractivity contribution >= 4 is 5.97 Å². The first-order valence-electron chi connectivity index (χ1n) is 8.99. The third-order valence-electron chi connectivity index (χ3n) is 5.24. The lowest BCUT2D eigenvalue weighted by atomic mass is 9.87. The molecular formula is C18H30O8. The van der Waals surface area contributed by atoms with Crippen molar-refractivity contribution in [1.29, 1.82) is 0 Å². The molecule has 0 radical (unpaired) electrons. The van der Waals surface area contributed by atoms with Crippen LogP contribution in [0.25, 0.3) is 0 Å². The highest BCUT2D eigenvalue weighted by molar-refractivity contribution is 5.89. The summed E-state index contributed by atoms with van der Waals surface area (Å²) in [5.41, 5.74) is 0.247. The second-order valence-corrected chi connectivity index (χ2v) is 7.59. The Balaban J connectivity index is 2.14. The number of aliphatic hydroxyl groups is 4. The van der Waals surface area contributed by atoms with Crippen LogP contribution >= 0.6 is 0 Å². The van der Waals surface area contributed by atoms with Gasteiger partial charge in [0.1, 0.15) is 30.2 Å². The molecule has 26 heavy (non-hydrogen) atoms. The van der Waals surface area contributed by atoms with E-state index >= 15 is 0 Å². The van der Waals surface area contributed by atoms with E-state index in [-0.39, 0.29) is 29.6 Å². The Morgan fingerprint density at radius 1 is 1.12 bits per heavy atom. The number of aliphatic hydroxyl groups excluding tert-OH is 4. The maximum absolute atomic E-state index is 12.2. The molecule has 0 aromatic rings. The van der Waals surface area contributed by atoms with Crippen molar-refractivity contribution in [2.24, 2.45) is 11.8 Å². The van der Waals surface area contributed by atoms with Crippen LogP contribution < -0.4 is 0 Å². The Bertz CT molecular complexity index is 545. The Morgan fingerprint density at radius 2 is 1.73 bits per heavy atom. The van der Waals surface area contributed by atoms with E-state index < -0.39 is 48.9 Å². The average Bonchev–Trinajstić information content (AvgIpc) is 2.59. The Morgan fingerprint density at radius 3 is 2.31 bits per heavy atom. The number of hydrogen-bond acceptors (Lipinski definition) is 8. The fourth-order valence-corrected chi connectivity index (χ4v) is 3.22. The van der Waals surface area contributed by atoms with Crippen LogP contribution in [0.15, 0.2) is 11.3 Å². The number of rotatable bonds is 5. The maximum Gasteiger partial charge on any atom is 0.337 e. The minimum atomic E-state index is -1.46. The molecule has 1 fully saturated rings. The summed E-state index contributed by atoms with van der Waals surface area (Å²) in [6.45, 7) is 8.65. The highest BCUT2D eigenvalue weighted by Gasteiger charge is 2.44. The lowest BCUT2D eigenvalue weighted by Crippen LogP contribution is -2.57. The van der Waals surface area contributed by atoms with E-state index in [2.05, 4.69) is 0 Å². The maximum atomic E-state index is 12.2. The minimum absolute atomic E-state index is 0.000979. The standard InChI is InChI=1S/C18H30O8/c1-7(2)13(19)8(3)11-6-12(9(4)17(23)25-11)26-18-16(22)15(21)14(20)10(5)24-18/h7-8,10-11,13-16,18-22H,6H2,1-5H3. The van der Waals surface area contributed by atoms with Gasteiger partial charge in [0.15, 0.2) is 0 Å². The van der Waals surface area contributed by atoms with Crippen molar-refractivity contribution in [3.63, 3.8) is 0 Å². The predicted octanol–water partition coefficient (Wildman–Crippen LogP) is 0.0730. The fourth-order valence-electron chi connectivity index (χ4n) is 3.22. The van der Waals surface area contributed by atoms with Crippen LogP contribution in [0.1, 0.15) is 41.0 Å². The van der Waals surface area contributed by atoms with Gasteiger partial charge in [0.2, 0.25) is 6.29 Å². The lowest BCUT2D eigenvalue weighted by molar-refractivity contribution is -0.284. The molecule has 8 nitrogen and oxygen atoms in total. The number of hydrogen-bond donors (Lipinski definition) is 4. The van der Waals surface area contributed by atoms with Crippen LogP contribution in [-0.4, -0.2) is 69.3 Å². The third-order valence-corrected chi connectivity index (χ3v) is 5.24. The number of cyclic esters (lactones) is 1. The summed E-state index contributed by atoms with van der Waals surface area (Å²) >= 11 is 0. The van der Waals surface area contributed by atoms with Crippen LogP contribution in [0.4, 0.5) is 0 Å². The van der Waals surface area contributed by atoms with E-state index in [1.54, 1.807) is 20.8 Å². The van der Waals surface area contributed by atoms with E-state index in [1.165, 1.54) is 0 Å². The first kappa shape index (κ1) is 21.1. The van der Waals surface area contributed by atoms with Gasteiger partial charge in [0, 0.05) is 12.3 Å². The van der Waals surface area contributed by atoms with E-state index in [0.717, 1.165) is 0 Å². The van der Waals surface area contributed by atoms with Gasteiger partial charge >= 0.3 is 5.97 Å².